The first kappa shape index (κ1) is 26.3. The van der Waals surface area contributed by atoms with Crippen LogP contribution in [-0.4, -0.2) is 6.04 Å². The van der Waals surface area contributed by atoms with Gasteiger partial charge in [0.1, 0.15) is 11.2 Å². The normalized spacial score (nSPS) is 16.5. The summed E-state index contributed by atoms with van der Waals surface area (Å²) in [6.45, 7) is 0. The lowest BCUT2D eigenvalue weighted by Crippen LogP contribution is -2.34. The van der Waals surface area contributed by atoms with Crippen LogP contribution in [0.4, 0.5) is 5.69 Å². The van der Waals surface area contributed by atoms with Gasteiger partial charge in [-0.1, -0.05) is 133 Å². The predicted octanol–water partition coefficient (Wildman–Crippen LogP) is 11.2. The average molecular weight is 568 g/mol. The molecule has 44 heavy (non-hydrogen) atoms. The summed E-state index contributed by atoms with van der Waals surface area (Å²) in [5.41, 5.74) is 12.0. The van der Waals surface area contributed by atoms with Crippen molar-refractivity contribution in [3.63, 3.8) is 0 Å². The van der Waals surface area contributed by atoms with Gasteiger partial charge in [-0.15, -0.1) is 0 Å². The number of nitrogens with zero attached hydrogens (tertiary/aromatic N) is 1. The molecule has 8 rings (SSSR count). The van der Waals surface area contributed by atoms with Crippen LogP contribution < -0.4 is 4.90 Å². The summed E-state index contributed by atoms with van der Waals surface area (Å²) in [7, 11) is 0. The lowest BCUT2D eigenvalue weighted by atomic mass is 9.92. The molecule has 0 saturated carbocycles. The molecule has 0 fully saturated rings. The van der Waals surface area contributed by atoms with E-state index in [0.717, 1.165) is 36.0 Å². The Hall–Kier alpha value is -5.34. The fourth-order valence-corrected chi connectivity index (χ4v) is 6.71. The Labute approximate surface area is 258 Å². The van der Waals surface area contributed by atoms with E-state index in [4.69, 9.17) is 4.42 Å². The Morgan fingerprint density at radius 3 is 2.02 bits per heavy atom. The summed E-state index contributed by atoms with van der Waals surface area (Å²) in [5, 5.41) is 2.34. The van der Waals surface area contributed by atoms with Crippen LogP contribution in [0.25, 0.3) is 44.2 Å². The molecule has 0 saturated heterocycles. The van der Waals surface area contributed by atoms with Crippen molar-refractivity contribution >= 4 is 38.8 Å². The Kier molecular flexibility index (Phi) is 6.81. The zero-order chi connectivity index (χ0) is 29.3. The van der Waals surface area contributed by atoms with Crippen molar-refractivity contribution in [1.29, 1.82) is 0 Å². The lowest BCUT2D eigenvalue weighted by Gasteiger charge is -2.36. The van der Waals surface area contributed by atoms with Crippen molar-refractivity contribution < 1.29 is 4.42 Å². The lowest BCUT2D eigenvalue weighted by molar-refractivity contribution is 0.667. The minimum Gasteiger partial charge on any atom is -0.455 e. The van der Waals surface area contributed by atoms with E-state index in [2.05, 4.69) is 157 Å². The Balaban J connectivity index is 1.13. The van der Waals surface area contributed by atoms with Crippen LogP contribution in [0.15, 0.2) is 168 Å². The van der Waals surface area contributed by atoms with Crippen LogP contribution in [0.3, 0.4) is 0 Å². The van der Waals surface area contributed by atoms with Gasteiger partial charge in [-0.2, -0.15) is 0 Å². The largest absolute Gasteiger partial charge is 0.455 e. The molecule has 0 unspecified atom stereocenters. The summed E-state index contributed by atoms with van der Waals surface area (Å²) in [4.78, 5) is 2.54. The van der Waals surface area contributed by atoms with E-state index in [1.807, 2.05) is 6.07 Å². The summed E-state index contributed by atoms with van der Waals surface area (Å²) in [5.74, 6) is 0. The third-order valence-corrected chi connectivity index (χ3v) is 8.96. The van der Waals surface area contributed by atoms with Crippen molar-refractivity contribution in [3.8, 4) is 11.1 Å². The fourth-order valence-electron chi connectivity index (χ4n) is 6.71. The van der Waals surface area contributed by atoms with Gasteiger partial charge in [0.05, 0.1) is 6.04 Å². The van der Waals surface area contributed by atoms with Gasteiger partial charge >= 0.3 is 0 Å². The van der Waals surface area contributed by atoms with Gasteiger partial charge in [-0.25, -0.2) is 0 Å². The maximum absolute atomic E-state index is 6.37. The number of anilines is 1. The van der Waals surface area contributed by atoms with Crippen LogP contribution in [0.5, 0.6) is 0 Å². The molecule has 0 radical (unpaired) electrons. The highest BCUT2D eigenvalue weighted by atomic mass is 16.3. The van der Waals surface area contributed by atoms with Crippen molar-refractivity contribution in [2.45, 2.75) is 25.3 Å². The van der Waals surface area contributed by atoms with Gasteiger partial charge in [0.2, 0.25) is 0 Å². The highest BCUT2D eigenvalue weighted by Gasteiger charge is 2.24. The summed E-state index contributed by atoms with van der Waals surface area (Å²) < 4.78 is 6.37. The number of rotatable bonds is 6. The van der Waals surface area contributed by atoms with E-state index in [1.165, 1.54) is 50.0 Å². The third-order valence-electron chi connectivity index (χ3n) is 8.96. The number of hydrogen-bond acceptors (Lipinski definition) is 2. The molecule has 212 valence electrons. The Morgan fingerprint density at radius 1 is 0.591 bits per heavy atom. The molecule has 2 nitrogen and oxygen atoms in total. The summed E-state index contributed by atoms with van der Waals surface area (Å²) in [6.07, 6.45) is 14.6. The molecule has 5 aromatic carbocycles. The molecule has 6 aromatic rings. The molecule has 1 atom stereocenters. The van der Waals surface area contributed by atoms with E-state index in [9.17, 15) is 0 Å². The Morgan fingerprint density at radius 2 is 1.30 bits per heavy atom. The first-order valence-corrected chi connectivity index (χ1v) is 15.5. The average Bonchev–Trinajstić information content (AvgIpc) is 3.49. The van der Waals surface area contributed by atoms with Crippen LogP contribution >= 0.6 is 0 Å². The molecule has 0 spiro atoms. The number of fused-ring (bicyclic) bond motifs is 3. The van der Waals surface area contributed by atoms with E-state index in [0.29, 0.717) is 0 Å². The third kappa shape index (κ3) is 4.89. The first-order chi connectivity index (χ1) is 21.8. The smallest absolute Gasteiger partial charge is 0.143 e. The number of benzene rings is 5. The molecular formula is C42H33NO. The number of allylic oxidation sites excluding steroid dienone is 6. The van der Waals surface area contributed by atoms with Crippen LogP contribution in [0.2, 0.25) is 0 Å². The number of furan rings is 1. The second-order valence-electron chi connectivity index (χ2n) is 11.6. The quantitative estimate of drug-likeness (QED) is 0.199. The van der Waals surface area contributed by atoms with E-state index in [1.54, 1.807) is 0 Å². The van der Waals surface area contributed by atoms with Crippen LogP contribution in [-0.2, 0) is 0 Å². The second-order valence-corrected chi connectivity index (χ2v) is 11.6. The molecule has 0 amide bonds. The van der Waals surface area contributed by atoms with Gasteiger partial charge in [0.25, 0.3) is 0 Å². The molecule has 1 heterocycles. The fraction of sp³-hybridized carbons (Fsp3) is 0.0952. The predicted molar refractivity (Wildman–Crippen MR) is 185 cm³/mol. The molecule has 0 aliphatic heterocycles. The summed E-state index contributed by atoms with van der Waals surface area (Å²) >= 11 is 0. The van der Waals surface area contributed by atoms with Gasteiger partial charge in [0, 0.05) is 27.7 Å². The van der Waals surface area contributed by atoms with Crippen molar-refractivity contribution in [1.82, 2.24) is 0 Å². The minimum atomic E-state index is 0.217. The van der Waals surface area contributed by atoms with Gasteiger partial charge < -0.3 is 9.32 Å². The first-order valence-electron chi connectivity index (χ1n) is 15.5. The van der Waals surface area contributed by atoms with Gasteiger partial charge in [0.15, 0.2) is 0 Å². The maximum Gasteiger partial charge on any atom is 0.143 e. The second kappa shape index (κ2) is 11.4. The molecular weight excluding hydrogens is 534 g/mol. The number of hydrogen-bond donors (Lipinski definition) is 0. The van der Waals surface area contributed by atoms with E-state index < -0.39 is 0 Å². The van der Waals surface area contributed by atoms with Crippen LogP contribution in [0, 0.1) is 0 Å². The highest BCUT2D eigenvalue weighted by Crippen LogP contribution is 2.38. The number of para-hydroxylation sites is 2. The van der Waals surface area contributed by atoms with E-state index in [-0.39, 0.29) is 6.04 Å². The molecule has 0 N–H and O–H groups in total. The van der Waals surface area contributed by atoms with E-state index >= 15 is 0 Å². The molecule has 2 heteroatoms. The molecule has 0 bridgehead atoms. The standard InChI is InChI=1S/C42H33NO/c1-3-10-30(11-4-1)32-18-24-35(25-19-32)43(36-26-20-33(21-27-36)31-12-5-2-6-13-31)37-28-22-34(23-29-37)38-15-9-16-40-39-14-7-8-17-41(39)44-42(38)40/h1-20,22-26,28,37H,21,27,29H2/t37-/m1/s1. The minimum absolute atomic E-state index is 0.217. The van der Waals surface area contributed by atoms with Crippen molar-refractivity contribution in [2.75, 3.05) is 4.90 Å². The van der Waals surface area contributed by atoms with Gasteiger partial charge in [-0.3, -0.25) is 0 Å². The zero-order valence-electron chi connectivity index (χ0n) is 24.6. The summed E-state index contributed by atoms with van der Waals surface area (Å²) in [6, 6.07) is 45.4. The highest BCUT2D eigenvalue weighted by molar-refractivity contribution is 6.08. The maximum atomic E-state index is 6.37. The monoisotopic (exact) mass is 567 g/mol. The van der Waals surface area contributed by atoms with Gasteiger partial charge in [-0.05, 0) is 71.4 Å². The van der Waals surface area contributed by atoms with Crippen molar-refractivity contribution in [3.05, 3.63) is 175 Å². The SMILES string of the molecule is C1=C[C@@H](N(C2=CC=C(c3ccccc3)CC2)c2ccc(-c3ccccc3)cc2)CC=C1c1cccc2c1oc1ccccc12. The molecule has 2 aliphatic rings. The molecule has 1 aromatic heterocycles. The molecule has 2 aliphatic carbocycles. The van der Waals surface area contributed by atoms with Crippen molar-refractivity contribution in [2.24, 2.45) is 0 Å². The van der Waals surface area contributed by atoms with Crippen LogP contribution in [0.1, 0.15) is 30.4 Å². The topological polar surface area (TPSA) is 16.4 Å². The Bertz CT molecular complexity index is 2070. The zero-order valence-corrected chi connectivity index (χ0v) is 24.6.